The van der Waals surface area contributed by atoms with Gasteiger partial charge in [-0.2, -0.15) is 16.6 Å². The zero-order valence-corrected chi connectivity index (χ0v) is 13.2. The number of nitriles is 1. The maximum atomic E-state index is 13.2. The number of nitrogens with zero attached hydrogens (tertiary/aromatic N) is 2. The van der Waals surface area contributed by atoms with E-state index in [1.54, 1.807) is 6.92 Å². The summed E-state index contributed by atoms with van der Waals surface area (Å²) >= 11 is 1.47. The molecule has 0 spiro atoms. The molecular formula is C17H13FN2O2S. The highest BCUT2D eigenvalue weighted by molar-refractivity contribution is 7.08. The van der Waals surface area contributed by atoms with Gasteiger partial charge in [0.25, 0.3) is 0 Å². The first-order valence-corrected chi connectivity index (χ1v) is 7.96. The van der Waals surface area contributed by atoms with Gasteiger partial charge in [-0.3, -0.25) is 14.5 Å². The second-order valence-electron chi connectivity index (χ2n) is 5.72. The highest BCUT2D eigenvalue weighted by atomic mass is 32.1. The van der Waals surface area contributed by atoms with Crippen LogP contribution in [0.25, 0.3) is 0 Å². The molecule has 0 unspecified atom stereocenters. The predicted molar refractivity (Wildman–Crippen MR) is 83.0 cm³/mol. The molecule has 0 radical (unpaired) electrons. The molecule has 1 aromatic heterocycles. The van der Waals surface area contributed by atoms with Crippen molar-refractivity contribution in [2.24, 2.45) is 0 Å². The molecule has 0 N–H and O–H groups in total. The van der Waals surface area contributed by atoms with E-state index in [-0.39, 0.29) is 30.3 Å². The number of hydrogen-bond donors (Lipinski definition) is 0. The summed E-state index contributed by atoms with van der Waals surface area (Å²) in [5.74, 6) is -1.08. The summed E-state index contributed by atoms with van der Waals surface area (Å²) in [5.41, 5.74) is 0.548. The van der Waals surface area contributed by atoms with E-state index >= 15 is 0 Å². The summed E-state index contributed by atoms with van der Waals surface area (Å²) in [6.45, 7) is 1.74. The Balaban J connectivity index is 1.92. The Morgan fingerprint density at radius 3 is 2.83 bits per heavy atom. The van der Waals surface area contributed by atoms with Crippen LogP contribution in [0.5, 0.6) is 0 Å². The largest absolute Gasteiger partial charge is 0.277 e. The Morgan fingerprint density at radius 2 is 2.17 bits per heavy atom. The van der Waals surface area contributed by atoms with Crippen LogP contribution in [0.15, 0.2) is 35.0 Å². The fraction of sp³-hybridized carbons (Fsp3) is 0.235. The van der Waals surface area contributed by atoms with Crippen LogP contribution in [0.4, 0.5) is 4.39 Å². The van der Waals surface area contributed by atoms with Gasteiger partial charge in [0.15, 0.2) is 0 Å². The maximum absolute atomic E-state index is 13.2. The van der Waals surface area contributed by atoms with E-state index in [2.05, 4.69) is 0 Å². The van der Waals surface area contributed by atoms with E-state index in [1.807, 2.05) is 22.9 Å². The number of imide groups is 1. The molecule has 1 atom stereocenters. The predicted octanol–water partition coefficient (Wildman–Crippen LogP) is 2.98. The number of carbonyl (C=O) groups is 2. The molecule has 2 aromatic rings. The van der Waals surface area contributed by atoms with Crippen molar-refractivity contribution in [2.45, 2.75) is 25.3 Å². The Kier molecular flexibility index (Phi) is 3.74. The lowest BCUT2D eigenvalue weighted by molar-refractivity contribution is -0.140. The first-order chi connectivity index (χ1) is 11.0. The van der Waals surface area contributed by atoms with Gasteiger partial charge < -0.3 is 0 Å². The van der Waals surface area contributed by atoms with Crippen LogP contribution in [0.3, 0.4) is 0 Å². The number of halogens is 1. The van der Waals surface area contributed by atoms with Crippen molar-refractivity contribution in [2.75, 3.05) is 0 Å². The van der Waals surface area contributed by atoms with Crippen molar-refractivity contribution in [3.8, 4) is 6.07 Å². The van der Waals surface area contributed by atoms with Gasteiger partial charge >= 0.3 is 0 Å². The Hall–Kier alpha value is -2.52. The molecular weight excluding hydrogens is 315 g/mol. The summed E-state index contributed by atoms with van der Waals surface area (Å²) in [5, 5.41) is 12.8. The summed E-state index contributed by atoms with van der Waals surface area (Å²) in [6.07, 6.45) is 0.103. The molecule has 3 rings (SSSR count). The third-order valence-electron chi connectivity index (χ3n) is 4.20. The van der Waals surface area contributed by atoms with Gasteiger partial charge in [-0.1, -0.05) is 6.07 Å². The van der Waals surface area contributed by atoms with Gasteiger partial charge in [-0.15, -0.1) is 0 Å². The van der Waals surface area contributed by atoms with Gasteiger partial charge in [-0.25, -0.2) is 4.39 Å². The van der Waals surface area contributed by atoms with Crippen LogP contribution in [-0.2, 0) is 21.5 Å². The van der Waals surface area contributed by atoms with Crippen LogP contribution in [0.1, 0.15) is 30.0 Å². The molecule has 4 nitrogen and oxygen atoms in total. The third kappa shape index (κ3) is 2.53. The molecule has 6 heteroatoms. The summed E-state index contributed by atoms with van der Waals surface area (Å²) in [4.78, 5) is 26.2. The maximum Gasteiger partial charge on any atom is 0.240 e. The number of hydrogen-bond acceptors (Lipinski definition) is 4. The number of benzene rings is 1. The van der Waals surface area contributed by atoms with Crippen molar-refractivity contribution in [3.05, 3.63) is 57.5 Å². The highest BCUT2D eigenvalue weighted by Gasteiger charge is 2.49. The van der Waals surface area contributed by atoms with Crippen molar-refractivity contribution in [3.63, 3.8) is 0 Å². The number of thiophene rings is 1. The van der Waals surface area contributed by atoms with Gasteiger partial charge in [-0.05, 0) is 47.0 Å². The number of rotatable bonds is 3. The second-order valence-corrected chi connectivity index (χ2v) is 6.50. The molecule has 0 saturated carbocycles. The molecule has 2 amide bonds. The van der Waals surface area contributed by atoms with E-state index in [0.29, 0.717) is 5.56 Å². The van der Waals surface area contributed by atoms with E-state index in [4.69, 9.17) is 5.26 Å². The third-order valence-corrected chi connectivity index (χ3v) is 4.89. The molecule has 1 aliphatic rings. The molecule has 1 aromatic carbocycles. The fourth-order valence-corrected chi connectivity index (χ4v) is 3.60. The highest BCUT2D eigenvalue weighted by Crippen LogP contribution is 2.38. The monoisotopic (exact) mass is 328 g/mol. The first-order valence-electron chi connectivity index (χ1n) is 7.02. The molecule has 1 saturated heterocycles. The van der Waals surface area contributed by atoms with Crippen LogP contribution in [0.2, 0.25) is 0 Å². The Labute approximate surface area is 136 Å². The molecule has 1 aliphatic heterocycles. The second kappa shape index (κ2) is 5.60. The topological polar surface area (TPSA) is 61.2 Å². The van der Waals surface area contributed by atoms with E-state index in [9.17, 15) is 14.0 Å². The van der Waals surface area contributed by atoms with Crippen LogP contribution >= 0.6 is 11.3 Å². The van der Waals surface area contributed by atoms with Gasteiger partial charge in [0.05, 0.1) is 23.6 Å². The molecule has 23 heavy (non-hydrogen) atoms. The standard InChI is InChI=1S/C17H13FN2O2S/c1-17(13-4-5-23-10-13)7-15(21)20(16(17)22)9-11-2-3-14(18)6-12(11)8-19/h2-6,10H,7,9H2,1H3/t17-/m0/s1. The van der Waals surface area contributed by atoms with Crippen molar-refractivity contribution in [1.29, 1.82) is 5.26 Å². The van der Waals surface area contributed by atoms with Gasteiger partial charge in [0.1, 0.15) is 5.82 Å². The smallest absolute Gasteiger partial charge is 0.240 e. The fourth-order valence-electron chi connectivity index (χ4n) is 2.81. The van der Waals surface area contributed by atoms with Crippen LogP contribution < -0.4 is 0 Å². The summed E-state index contributed by atoms with van der Waals surface area (Å²) < 4.78 is 13.2. The molecule has 0 bridgehead atoms. The first kappa shape index (κ1) is 15.4. The molecule has 116 valence electrons. The normalized spacial score (nSPS) is 20.8. The molecule has 2 heterocycles. The lowest BCUT2D eigenvalue weighted by Crippen LogP contribution is -2.36. The van der Waals surface area contributed by atoms with Crippen LogP contribution in [-0.4, -0.2) is 16.7 Å². The summed E-state index contributed by atoms with van der Waals surface area (Å²) in [6, 6.07) is 7.52. The van der Waals surface area contributed by atoms with Gasteiger partial charge in [0, 0.05) is 6.42 Å². The quantitative estimate of drug-likeness (QED) is 0.814. The Morgan fingerprint density at radius 1 is 1.39 bits per heavy atom. The van der Waals surface area contributed by atoms with Crippen LogP contribution in [0, 0.1) is 17.1 Å². The minimum absolute atomic E-state index is 0.0133. The van der Waals surface area contributed by atoms with E-state index in [1.165, 1.54) is 23.5 Å². The average Bonchev–Trinajstić information content (AvgIpc) is 3.13. The molecule has 0 aliphatic carbocycles. The lowest BCUT2D eigenvalue weighted by Gasteiger charge is -2.21. The minimum Gasteiger partial charge on any atom is -0.277 e. The SMILES string of the molecule is C[C@@]1(c2ccsc2)CC(=O)N(Cc2ccc(F)cc2C#N)C1=O. The van der Waals surface area contributed by atoms with Gasteiger partial charge in [0.2, 0.25) is 11.8 Å². The van der Waals surface area contributed by atoms with E-state index < -0.39 is 11.2 Å². The summed E-state index contributed by atoms with van der Waals surface area (Å²) in [7, 11) is 0. The Bertz CT molecular complexity index is 826. The zero-order chi connectivity index (χ0) is 16.6. The number of carbonyl (C=O) groups excluding carboxylic acids is 2. The average molecular weight is 328 g/mol. The van der Waals surface area contributed by atoms with Crippen molar-refractivity contribution >= 4 is 23.2 Å². The molecule has 1 fully saturated rings. The van der Waals surface area contributed by atoms with Crippen molar-refractivity contribution < 1.29 is 14.0 Å². The van der Waals surface area contributed by atoms with E-state index in [0.717, 1.165) is 16.5 Å². The minimum atomic E-state index is -0.871. The van der Waals surface area contributed by atoms with Crippen molar-refractivity contribution in [1.82, 2.24) is 4.90 Å². The zero-order valence-electron chi connectivity index (χ0n) is 12.4. The lowest BCUT2D eigenvalue weighted by atomic mass is 9.83. The number of amides is 2. The number of likely N-dealkylation sites (tertiary alicyclic amines) is 1.